The average Bonchev–Trinajstić information content (AvgIpc) is 2.33. The number of nitrogens with one attached hydrogen (secondary N) is 1. The fourth-order valence-electron chi connectivity index (χ4n) is 1.50. The van der Waals surface area contributed by atoms with Crippen LogP contribution < -0.4 is 5.32 Å². The molecule has 0 radical (unpaired) electrons. The molecule has 2 amide bonds. The quantitative estimate of drug-likeness (QED) is 0.866. The van der Waals surface area contributed by atoms with Crippen molar-refractivity contribution in [3.63, 3.8) is 0 Å². The fourth-order valence-corrected chi connectivity index (χ4v) is 1.50. The van der Waals surface area contributed by atoms with Crippen molar-refractivity contribution in [1.29, 1.82) is 5.26 Å². The number of hydrogen-bond acceptors (Lipinski definition) is 2. The maximum absolute atomic E-state index is 11.9. The van der Waals surface area contributed by atoms with Gasteiger partial charge in [-0.05, 0) is 25.5 Å². The Bertz CT molecular complexity index is 423. The van der Waals surface area contributed by atoms with Gasteiger partial charge in [-0.1, -0.05) is 18.2 Å². The lowest BCUT2D eigenvalue weighted by Gasteiger charge is -2.20. The SMILES string of the molecule is CCN(CCC#N)C(=O)Nc1ccccc1C. The molecule has 1 rings (SSSR count). The molecule has 0 saturated carbocycles. The zero-order valence-corrected chi connectivity index (χ0v) is 10.2. The molecule has 1 aromatic rings. The summed E-state index contributed by atoms with van der Waals surface area (Å²) in [5.41, 5.74) is 1.84. The number of urea groups is 1. The Morgan fingerprint density at radius 2 is 2.18 bits per heavy atom. The monoisotopic (exact) mass is 231 g/mol. The first-order valence-corrected chi connectivity index (χ1v) is 5.67. The van der Waals surface area contributed by atoms with E-state index in [-0.39, 0.29) is 6.03 Å². The standard InChI is InChI=1S/C13H17N3O/c1-3-16(10-6-9-14)13(17)15-12-8-5-4-7-11(12)2/h4-5,7-8H,3,6,10H2,1-2H3,(H,15,17). The molecule has 0 spiro atoms. The highest BCUT2D eigenvalue weighted by Crippen LogP contribution is 2.13. The number of anilines is 1. The topological polar surface area (TPSA) is 56.1 Å². The van der Waals surface area contributed by atoms with Gasteiger partial charge in [-0.25, -0.2) is 4.79 Å². The van der Waals surface area contributed by atoms with E-state index in [1.165, 1.54) is 0 Å². The number of para-hydroxylation sites is 1. The zero-order valence-electron chi connectivity index (χ0n) is 10.2. The van der Waals surface area contributed by atoms with E-state index in [0.29, 0.717) is 19.5 Å². The third-order valence-corrected chi connectivity index (χ3v) is 2.55. The highest BCUT2D eigenvalue weighted by Gasteiger charge is 2.11. The van der Waals surface area contributed by atoms with Crippen molar-refractivity contribution in [1.82, 2.24) is 4.90 Å². The number of aryl methyl sites for hydroxylation is 1. The summed E-state index contributed by atoms with van der Waals surface area (Å²) in [6.45, 7) is 4.90. The van der Waals surface area contributed by atoms with Crippen molar-refractivity contribution >= 4 is 11.7 Å². The molecule has 17 heavy (non-hydrogen) atoms. The van der Waals surface area contributed by atoms with E-state index in [1.807, 2.05) is 44.2 Å². The second-order valence-electron chi connectivity index (χ2n) is 3.73. The number of rotatable bonds is 4. The Morgan fingerprint density at radius 3 is 2.76 bits per heavy atom. The van der Waals surface area contributed by atoms with Crippen LogP contribution in [-0.4, -0.2) is 24.0 Å². The first kappa shape index (κ1) is 13.0. The number of benzene rings is 1. The number of nitriles is 1. The van der Waals surface area contributed by atoms with Gasteiger partial charge in [-0.2, -0.15) is 5.26 Å². The van der Waals surface area contributed by atoms with E-state index in [4.69, 9.17) is 5.26 Å². The number of nitrogens with zero attached hydrogens (tertiary/aromatic N) is 2. The largest absolute Gasteiger partial charge is 0.324 e. The molecule has 0 saturated heterocycles. The van der Waals surface area contributed by atoms with Gasteiger partial charge >= 0.3 is 6.03 Å². The molecular formula is C13H17N3O. The first-order chi connectivity index (χ1) is 8.19. The summed E-state index contributed by atoms with van der Waals surface area (Å²) >= 11 is 0. The molecule has 0 aliphatic carbocycles. The lowest BCUT2D eigenvalue weighted by atomic mass is 10.2. The van der Waals surface area contributed by atoms with E-state index < -0.39 is 0 Å². The van der Waals surface area contributed by atoms with Crippen LogP contribution in [0.25, 0.3) is 0 Å². The molecule has 0 fully saturated rings. The maximum Gasteiger partial charge on any atom is 0.321 e. The van der Waals surface area contributed by atoms with Gasteiger partial charge in [0.25, 0.3) is 0 Å². The Morgan fingerprint density at radius 1 is 1.47 bits per heavy atom. The van der Waals surface area contributed by atoms with Gasteiger partial charge in [0.15, 0.2) is 0 Å². The maximum atomic E-state index is 11.9. The molecular weight excluding hydrogens is 214 g/mol. The summed E-state index contributed by atoms with van der Waals surface area (Å²) in [7, 11) is 0. The van der Waals surface area contributed by atoms with Crippen LogP contribution in [0.3, 0.4) is 0 Å². The van der Waals surface area contributed by atoms with Crippen LogP contribution in [0, 0.1) is 18.3 Å². The van der Waals surface area contributed by atoms with Crippen molar-refractivity contribution in [2.24, 2.45) is 0 Å². The molecule has 90 valence electrons. The van der Waals surface area contributed by atoms with Gasteiger partial charge < -0.3 is 10.2 Å². The molecule has 0 unspecified atom stereocenters. The zero-order chi connectivity index (χ0) is 12.7. The van der Waals surface area contributed by atoms with Crippen molar-refractivity contribution < 1.29 is 4.79 Å². The second-order valence-corrected chi connectivity index (χ2v) is 3.73. The Balaban J connectivity index is 2.65. The molecule has 0 aromatic heterocycles. The molecule has 4 heteroatoms. The lowest BCUT2D eigenvalue weighted by molar-refractivity contribution is 0.215. The Labute approximate surface area is 102 Å². The third kappa shape index (κ3) is 3.80. The first-order valence-electron chi connectivity index (χ1n) is 5.67. The van der Waals surface area contributed by atoms with Gasteiger partial charge in [-0.3, -0.25) is 0 Å². The predicted molar refractivity (Wildman–Crippen MR) is 67.7 cm³/mol. The van der Waals surface area contributed by atoms with E-state index in [1.54, 1.807) is 4.90 Å². The number of amides is 2. The Hall–Kier alpha value is -2.02. The molecule has 1 aromatic carbocycles. The summed E-state index contributed by atoms with van der Waals surface area (Å²) in [5, 5.41) is 11.4. The van der Waals surface area contributed by atoms with Gasteiger partial charge in [-0.15, -0.1) is 0 Å². The van der Waals surface area contributed by atoms with Crippen LogP contribution in [0.1, 0.15) is 18.9 Å². The average molecular weight is 231 g/mol. The molecule has 4 nitrogen and oxygen atoms in total. The van der Waals surface area contributed by atoms with E-state index in [2.05, 4.69) is 5.32 Å². The minimum absolute atomic E-state index is 0.156. The van der Waals surface area contributed by atoms with Gasteiger partial charge in [0.2, 0.25) is 0 Å². The van der Waals surface area contributed by atoms with Crippen molar-refractivity contribution in [3.8, 4) is 6.07 Å². The van der Waals surface area contributed by atoms with Gasteiger partial charge in [0.05, 0.1) is 12.5 Å². The Kier molecular flexibility index (Phi) is 5.02. The van der Waals surface area contributed by atoms with E-state index >= 15 is 0 Å². The molecule has 0 aliphatic heterocycles. The van der Waals surface area contributed by atoms with Crippen LogP contribution in [0.5, 0.6) is 0 Å². The van der Waals surface area contributed by atoms with Crippen LogP contribution in [0.2, 0.25) is 0 Å². The predicted octanol–water partition coefficient (Wildman–Crippen LogP) is 2.76. The number of hydrogen-bond donors (Lipinski definition) is 1. The van der Waals surface area contributed by atoms with Crippen molar-refractivity contribution in [2.75, 3.05) is 18.4 Å². The molecule has 0 atom stereocenters. The molecule has 0 heterocycles. The van der Waals surface area contributed by atoms with E-state index in [9.17, 15) is 4.79 Å². The number of carbonyl (C=O) groups excluding carboxylic acids is 1. The van der Waals surface area contributed by atoms with Gasteiger partial charge in [0.1, 0.15) is 0 Å². The summed E-state index contributed by atoms with van der Waals surface area (Å²) < 4.78 is 0. The molecule has 1 N–H and O–H groups in total. The van der Waals surface area contributed by atoms with Crippen LogP contribution >= 0.6 is 0 Å². The molecule has 0 bridgehead atoms. The minimum Gasteiger partial charge on any atom is -0.324 e. The lowest BCUT2D eigenvalue weighted by Crippen LogP contribution is -2.35. The normalized spacial score (nSPS) is 9.47. The van der Waals surface area contributed by atoms with Crippen LogP contribution in [-0.2, 0) is 0 Å². The van der Waals surface area contributed by atoms with Crippen molar-refractivity contribution in [3.05, 3.63) is 29.8 Å². The summed E-state index contributed by atoms with van der Waals surface area (Å²) in [4.78, 5) is 13.5. The minimum atomic E-state index is -0.156. The third-order valence-electron chi connectivity index (χ3n) is 2.55. The van der Waals surface area contributed by atoms with Gasteiger partial charge in [0, 0.05) is 18.8 Å². The van der Waals surface area contributed by atoms with Crippen LogP contribution in [0.15, 0.2) is 24.3 Å². The smallest absolute Gasteiger partial charge is 0.321 e. The molecule has 0 aliphatic rings. The van der Waals surface area contributed by atoms with Crippen LogP contribution in [0.4, 0.5) is 10.5 Å². The highest BCUT2D eigenvalue weighted by molar-refractivity contribution is 5.90. The summed E-state index contributed by atoms with van der Waals surface area (Å²) in [6, 6.07) is 9.51. The second kappa shape index (κ2) is 6.54. The fraction of sp³-hybridized carbons (Fsp3) is 0.385. The summed E-state index contributed by atoms with van der Waals surface area (Å²) in [6.07, 6.45) is 0.356. The van der Waals surface area contributed by atoms with E-state index in [0.717, 1.165) is 11.3 Å². The highest BCUT2D eigenvalue weighted by atomic mass is 16.2. The summed E-state index contributed by atoms with van der Waals surface area (Å²) in [5.74, 6) is 0. The van der Waals surface area contributed by atoms with Crippen molar-refractivity contribution in [2.45, 2.75) is 20.3 Å². The number of carbonyl (C=O) groups is 1.